The van der Waals surface area contributed by atoms with Crippen molar-refractivity contribution in [2.45, 2.75) is 12.8 Å². The van der Waals surface area contributed by atoms with Crippen LogP contribution in [0.15, 0.2) is 47.6 Å². The number of aliphatic imine (C=N–C) groups is 1. The molecule has 0 unspecified atom stereocenters. The van der Waals surface area contributed by atoms with Crippen molar-refractivity contribution in [3.8, 4) is 0 Å². The van der Waals surface area contributed by atoms with Gasteiger partial charge in [-0.2, -0.15) is 0 Å². The van der Waals surface area contributed by atoms with E-state index in [2.05, 4.69) is 20.6 Å². The van der Waals surface area contributed by atoms with Gasteiger partial charge in [-0.15, -0.1) is 0 Å². The second-order valence-electron chi connectivity index (χ2n) is 5.04. The van der Waals surface area contributed by atoms with Gasteiger partial charge in [-0.3, -0.25) is 4.99 Å². The first-order valence-electron chi connectivity index (χ1n) is 7.47. The standard InChI is InChI=1S/C17H20ClFN4/c1-20-17(21-9-7-13-3-2-4-15(19)11-13)22-10-8-14-5-6-16(18)23-12-14/h2-6,11-12H,7-10H2,1H3,(H2,20,21,22). The highest BCUT2D eigenvalue weighted by Gasteiger charge is 2.00. The minimum absolute atomic E-state index is 0.207. The molecule has 0 bridgehead atoms. The van der Waals surface area contributed by atoms with Gasteiger partial charge in [0.1, 0.15) is 11.0 Å². The number of nitrogens with zero attached hydrogens (tertiary/aromatic N) is 2. The third-order valence-corrected chi connectivity index (χ3v) is 3.54. The van der Waals surface area contributed by atoms with E-state index < -0.39 is 0 Å². The van der Waals surface area contributed by atoms with Gasteiger partial charge in [0.25, 0.3) is 0 Å². The Morgan fingerprint density at radius 3 is 2.48 bits per heavy atom. The zero-order chi connectivity index (χ0) is 16.5. The summed E-state index contributed by atoms with van der Waals surface area (Å²) < 4.78 is 13.1. The maximum absolute atomic E-state index is 13.1. The van der Waals surface area contributed by atoms with Gasteiger partial charge >= 0.3 is 0 Å². The van der Waals surface area contributed by atoms with E-state index in [0.717, 1.165) is 36.5 Å². The topological polar surface area (TPSA) is 49.3 Å². The smallest absolute Gasteiger partial charge is 0.190 e. The Hall–Kier alpha value is -2.14. The first kappa shape index (κ1) is 17.2. The van der Waals surface area contributed by atoms with Crippen molar-refractivity contribution in [2.24, 2.45) is 4.99 Å². The van der Waals surface area contributed by atoms with Crippen molar-refractivity contribution in [2.75, 3.05) is 20.1 Å². The molecule has 2 rings (SSSR count). The molecule has 0 amide bonds. The predicted octanol–water partition coefficient (Wildman–Crippen LogP) is 2.82. The highest BCUT2D eigenvalue weighted by molar-refractivity contribution is 6.29. The fraction of sp³-hybridized carbons (Fsp3) is 0.294. The Labute approximate surface area is 140 Å². The van der Waals surface area contributed by atoms with Crippen LogP contribution in [-0.4, -0.2) is 31.1 Å². The summed E-state index contributed by atoms with van der Waals surface area (Å²) in [5.41, 5.74) is 2.07. The number of guanidine groups is 1. The lowest BCUT2D eigenvalue weighted by Crippen LogP contribution is -2.39. The summed E-state index contributed by atoms with van der Waals surface area (Å²) in [5.74, 6) is 0.518. The number of rotatable bonds is 6. The average Bonchev–Trinajstić information content (AvgIpc) is 2.55. The van der Waals surface area contributed by atoms with Crippen LogP contribution in [0, 0.1) is 5.82 Å². The van der Waals surface area contributed by atoms with E-state index in [4.69, 9.17) is 11.6 Å². The normalized spacial score (nSPS) is 11.3. The fourth-order valence-electron chi connectivity index (χ4n) is 2.12. The zero-order valence-corrected chi connectivity index (χ0v) is 13.8. The maximum Gasteiger partial charge on any atom is 0.190 e. The van der Waals surface area contributed by atoms with Crippen LogP contribution in [0.3, 0.4) is 0 Å². The van der Waals surface area contributed by atoms with Crippen LogP contribution in [-0.2, 0) is 12.8 Å². The fourth-order valence-corrected chi connectivity index (χ4v) is 2.23. The number of halogens is 2. The van der Waals surface area contributed by atoms with Crippen molar-refractivity contribution in [3.63, 3.8) is 0 Å². The Bertz CT molecular complexity index is 643. The molecule has 0 aliphatic rings. The molecule has 1 aromatic heterocycles. The Balaban J connectivity index is 1.70. The Morgan fingerprint density at radius 2 is 1.87 bits per heavy atom. The van der Waals surface area contributed by atoms with Gasteiger partial charge in [0.2, 0.25) is 0 Å². The summed E-state index contributed by atoms with van der Waals surface area (Å²) in [6, 6.07) is 10.4. The lowest BCUT2D eigenvalue weighted by Gasteiger charge is -2.12. The predicted molar refractivity (Wildman–Crippen MR) is 92.4 cm³/mol. The lowest BCUT2D eigenvalue weighted by atomic mass is 10.1. The van der Waals surface area contributed by atoms with E-state index in [9.17, 15) is 4.39 Å². The van der Waals surface area contributed by atoms with Crippen LogP contribution in [0.25, 0.3) is 0 Å². The molecule has 6 heteroatoms. The molecule has 4 nitrogen and oxygen atoms in total. The average molecular weight is 335 g/mol. The highest BCUT2D eigenvalue weighted by Crippen LogP contribution is 2.05. The number of benzene rings is 1. The van der Waals surface area contributed by atoms with Crippen molar-refractivity contribution >= 4 is 17.6 Å². The number of hydrogen-bond acceptors (Lipinski definition) is 2. The molecule has 23 heavy (non-hydrogen) atoms. The monoisotopic (exact) mass is 334 g/mol. The number of nitrogens with one attached hydrogen (secondary N) is 2. The lowest BCUT2D eigenvalue weighted by molar-refractivity contribution is 0.625. The molecule has 0 saturated heterocycles. The minimum atomic E-state index is -0.207. The Morgan fingerprint density at radius 1 is 1.13 bits per heavy atom. The van der Waals surface area contributed by atoms with Crippen LogP contribution in [0.1, 0.15) is 11.1 Å². The van der Waals surface area contributed by atoms with E-state index in [1.165, 1.54) is 6.07 Å². The van der Waals surface area contributed by atoms with Crippen LogP contribution in [0.2, 0.25) is 5.15 Å². The molecule has 0 aliphatic carbocycles. The summed E-state index contributed by atoms with van der Waals surface area (Å²) in [6.07, 6.45) is 3.33. The highest BCUT2D eigenvalue weighted by atomic mass is 35.5. The zero-order valence-electron chi connectivity index (χ0n) is 13.0. The summed E-state index contributed by atoms with van der Waals surface area (Å²) >= 11 is 5.76. The molecule has 0 aliphatic heterocycles. The van der Waals surface area contributed by atoms with Crippen molar-refractivity contribution in [1.82, 2.24) is 15.6 Å². The number of aromatic nitrogens is 1. The van der Waals surface area contributed by atoms with E-state index in [1.54, 1.807) is 31.4 Å². The molecule has 122 valence electrons. The summed E-state index contributed by atoms with van der Waals surface area (Å²) in [4.78, 5) is 8.21. The van der Waals surface area contributed by atoms with E-state index in [-0.39, 0.29) is 5.82 Å². The van der Waals surface area contributed by atoms with Gasteiger partial charge in [0.15, 0.2) is 5.96 Å². The van der Waals surface area contributed by atoms with Crippen molar-refractivity contribution in [1.29, 1.82) is 0 Å². The molecule has 2 N–H and O–H groups in total. The van der Waals surface area contributed by atoms with Crippen molar-refractivity contribution in [3.05, 3.63) is 64.7 Å². The molecule has 0 spiro atoms. The summed E-state index contributed by atoms with van der Waals surface area (Å²) in [7, 11) is 1.72. The number of pyridine rings is 1. The third kappa shape index (κ3) is 6.24. The van der Waals surface area contributed by atoms with Crippen LogP contribution >= 0.6 is 11.6 Å². The molecule has 1 aromatic carbocycles. The molecule has 0 radical (unpaired) electrons. The third-order valence-electron chi connectivity index (χ3n) is 3.31. The SMILES string of the molecule is CN=C(NCCc1ccc(Cl)nc1)NCCc1cccc(F)c1. The first-order chi connectivity index (χ1) is 11.2. The van der Waals surface area contributed by atoms with Gasteiger partial charge < -0.3 is 10.6 Å². The minimum Gasteiger partial charge on any atom is -0.356 e. The van der Waals surface area contributed by atoms with Crippen LogP contribution in [0.4, 0.5) is 4.39 Å². The maximum atomic E-state index is 13.1. The van der Waals surface area contributed by atoms with Gasteiger partial charge in [-0.25, -0.2) is 9.37 Å². The first-order valence-corrected chi connectivity index (χ1v) is 7.84. The van der Waals surface area contributed by atoms with Crippen molar-refractivity contribution < 1.29 is 4.39 Å². The molecular formula is C17H20ClFN4. The van der Waals surface area contributed by atoms with Gasteiger partial charge in [0.05, 0.1) is 0 Å². The molecule has 0 saturated carbocycles. The molecule has 0 fully saturated rings. The van der Waals surface area contributed by atoms with Gasteiger partial charge in [0, 0.05) is 26.3 Å². The quantitative estimate of drug-likeness (QED) is 0.485. The molecule has 1 heterocycles. The Kier molecular flexibility index (Phi) is 6.81. The molecule has 2 aromatic rings. The van der Waals surface area contributed by atoms with Gasteiger partial charge in [-0.05, 0) is 42.2 Å². The van der Waals surface area contributed by atoms with E-state index >= 15 is 0 Å². The second kappa shape index (κ2) is 9.10. The molecule has 0 atom stereocenters. The van der Waals surface area contributed by atoms with E-state index in [0.29, 0.717) is 11.7 Å². The number of hydrogen-bond donors (Lipinski definition) is 2. The second-order valence-corrected chi connectivity index (χ2v) is 5.43. The molecular weight excluding hydrogens is 315 g/mol. The van der Waals surface area contributed by atoms with Crippen LogP contribution < -0.4 is 10.6 Å². The van der Waals surface area contributed by atoms with Gasteiger partial charge in [-0.1, -0.05) is 29.8 Å². The van der Waals surface area contributed by atoms with E-state index in [1.807, 2.05) is 12.1 Å². The summed E-state index contributed by atoms with van der Waals surface area (Å²) in [5, 5.41) is 6.94. The largest absolute Gasteiger partial charge is 0.356 e. The van der Waals surface area contributed by atoms with Crippen LogP contribution in [0.5, 0.6) is 0 Å². The summed E-state index contributed by atoms with van der Waals surface area (Å²) in [6.45, 7) is 1.43.